The van der Waals surface area contributed by atoms with Crippen LogP contribution in [0.4, 0.5) is 4.39 Å². The Morgan fingerprint density at radius 1 is 1.50 bits per heavy atom. The minimum Gasteiger partial charge on any atom is -0.349 e. The second-order valence-corrected chi connectivity index (χ2v) is 5.55. The number of hydrogen-bond acceptors (Lipinski definition) is 2. The zero-order chi connectivity index (χ0) is 13.1. The molecule has 1 amide bonds. The molecule has 3 N–H and O–H groups in total. The van der Waals surface area contributed by atoms with Crippen LogP contribution in [0.3, 0.4) is 0 Å². The van der Waals surface area contributed by atoms with Gasteiger partial charge in [-0.1, -0.05) is 22.4 Å². The first-order valence-electron chi connectivity index (χ1n) is 6.08. The number of nitrogens with one attached hydrogen (secondary N) is 1. The van der Waals surface area contributed by atoms with Crippen LogP contribution in [0.1, 0.15) is 29.6 Å². The van der Waals surface area contributed by atoms with E-state index in [-0.39, 0.29) is 17.5 Å². The monoisotopic (exact) mass is 314 g/mol. The van der Waals surface area contributed by atoms with Gasteiger partial charge in [0.15, 0.2) is 0 Å². The molecular formula is C13H16BrFN2O. The molecule has 1 saturated carbocycles. The van der Waals surface area contributed by atoms with Crippen LogP contribution in [-0.4, -0.2) is 18.5 Å². The van der Waals surface area contributed by atoms with E-state index in [4.69, 9.17) is 5.73 Å². The van der Waals surface area contributed by atoms with Crippen LogP contribution in [0, 0.1) is 11.7 Å². The fraction of sp³-hybridized carbons (Fsp3) is 0.462. The van der Waals surface area contributed by atoms with Crippen molar-refractivity contribution in [1.82, 2.24) is 5.32 Å². The second-order valence-electron chi connectivity index (χ2n) is 4.63. The maximum Gasteiger partial charge on any atom is 0.254 e. The molecule has 0 aliphatic heterocycles. The summed E-state index contributed by atoms with van der Waals surface area (Å²) in [6.45, 7) is 0.561. The van der Waals surface area contributed by atoms with Crippen molar-refractivity contribution >= 4 is 21.8 Å². The Hall–Kier alpha value is -0.940. The first-order valence-corrected chi connectivity index (χ1v) is 6.87. The summed E-state index contributed by atoms with van der Waals surface area (Å²) in [7, 11) is 0. The topological polar surface area (TPSA) is 55.1 Å². The van der Waals surface area contributed by atoms with E-state index in [1.807, 2.05) is 0 Å². The highest BCUT2D eigenvalue weighted by atomic mass is 79.9. The van der Waals surface area contributed by atoms with Gasteiger partial charge in [-0.25, -0.2) is 4.39 Å². The van der Waals surface area contributed by atoms with Crippen molar-refractivity contribution in [2.45, 2.75) is 25.3 Å². The Bertz CT molecular complexity index is 453. The van der Waals surface area contributed by atoms with Crippen molar-refractivity contribution in [3.63, 3.8) is 0 Å². The van der Waals surface area contributed by atoms with Crippen LogP contribution in [0.15, 0.2) is 22.7 Å². The number of nitrogens with two attached hydrogens (primary N) is 1. The summed E-state index contributed by atoms with van der Waals surface area (Å²) in [5.41, 5.74) is 5.74. The summed E-state index contributed by atoms with van der Waals surface area (Å²) < 4.78 is 14.3. The number of halogens is 2. The number of benzene rings is 1. The van der Waals surface area contributed by atoms with Gasteiger partial charge in [-0.15, -0.1) is 0 Å². The zero-order valence-electron chi connectivity index (χ0n) is 9.96. The van der Waals surface area contributed by atoms with Gasteiger partial charge in [-0.05, 0) is 43.5 Å². The molecule has 2 atom stereocenters. The Morgan fingerprint density at radius 2 is 2.28 bits per heavy atom. The second kappa shape index (κ2) is 5.80. The molecule has 1 fully saturated rings. The average Bonchev–Trinajstić information content (AvgIpc) is 2.79. The molecular weight excluding hydrogens is 299 g/mol. The van der Waals surface area contributed by atoms with Crippen LogP contribution in [0.2, 0.25) is 0 Å². The summed E-state index contributed by atoms with van der Waals surface area (Å²) in [4.78, 5) is 12.0. The molecule has 0 heterocycles. The van der Waals surface area contributed by atoms with E-state index < -0.39 is 5.82 Å². The first kappa shape index (κ1) is 13.5. The Kier molecular flexibility index (Phi) is 4.35. The minimum absolute atomic E-state index is 0.0703. The van der Waals surface area contributed by atoms with E-state index in [1.54, 1.807) is 6.07 Å². The van der Waals surface area contributed by atoms with Crippen molar-refractivity contribution < 1.29 is 9.18 Å². The number of amides is 1. The average molecular weight is 315 g/mol. The zero-order valence-corrected chi connectivity index (χ0v) is 11.5. The lowest BCUT2D eigenvalue weighted by molar-refractivity contribution is 0.0924. The van der Waals surface area contributed by atoms with E-state index in [0.29, 0.717) is 16.9 Å². The molecule has 3 nitrogen and oxygen atoms in total. The summed E-state index contributed by atoms with van der Waals surface area (Å²) in [6, 6.07) is 4.43. The van der Waals surface area contributed by atoms with E-state index >= 15 is 0 Å². The Labute approximate surface area is 114 Å². The van der Waals surface area contributed by atoms with Crippen LogP contribution in [0.5, 0.6) is 0 Å². The molecule has 0 saturated heterocycles. The highest BCUT2D eigenvalue weighted by Gasteiger charge is 2.28. The summed E-state index contributed by atoms with van der Waals surface area (Å²) in [6.07, 6.45) is 3.01. The molecule has 1 aromatic rings. The molecule has 1 aromatic carbocycles. The third kappa shape index (κ3) is 2.90. The van der Waals surface area contributed by atoms with Crippen LogP contribution in [0.25, 0.3) is 0 Å². The highest BCUT2D eigenvalue weighted by molar-refractivity contribution is 9.10. The van der Waals surface area contributed by atoms with Crippen LogP contribution < -0.4 is 11.1 Å². The highest BCUT2D eigenvalue weighted by Crippen LogP contribution is 2.25. The minimum atomic E-state index is -0.502. The molecule has 2 rings (SSSR count). The van der Waals surface area contributed by atoms with Gasteiger partial charge < -0.3 is 11.1 Å². The van der Waals surface area contributed by atoms with Crippen molar-refractivity contribution in [3.05, 3.63) is 34.1 Å². The summed E-state index contributed by atoms with van der Waals surface area (Å²) in [5.74, 6) is -0.554. The molecule has 1 aliphatic rings. The Balaban J connectivity index is 2.09. The van der Waals surface area contributed by atoms with Crippen LogP contribution in [-0.2, 0) is 0 Å². The standard InChI is InChI=1S/C13H16BrFN2O/c14-9-4-5-11(15)10(6-9)13(18)17-12-3-1-2-8(12)7-16/h4-6,8,12H,1-3,7,16H2,(H,17,18). The predicted molar refractivity (Wildman–Crippen MR) is 71.7 cm³/mol. The Morgan fingerprint density at radius 3 is 3.00 bits per heavy atom. The van der Waals surface area contributed by atoms with Crippen molar-refractivity contribution in [3.8, 4) is 0 Å². The number of hydrogen-bond donors (Lipinski definition) is 2. The molecule has 2 unspecified atom stereocenters. The van der Waals surface area contributed by atoms with Crippen LogP contribution >= 0.6 is 15.9 Å². The summed E-state index contributed by atoms with van der Waals surface area (Å²) >= 11 is 3.24. The fourth-order valence-corrected chi connectivity index (χ4v) is 2.79. The van der Waals surface area contributed by atoms with E-state index in [9.17, 15) is 9.18 Å². The predicted octanol–water partition coefficient (Wildman–Crippen LogP) is 2.45. The quantitative estimate of drug-likeness (QED) is 0.900. The lowest BCUT2D eigenvalue weighted by Gasteiger charge is -2.19. The lowest BCUT2D eigenvalue weighted by Crippen LogP contribution is -2.40. The largest absolute Gasteiger partial charge is 0.349 e. The van der Waals surface area contributed by atoms with Crippen molar-refractivity contribution in [2.24, 2.45) is 11.7 Å². The third-order valence-electron chi connectivity index (χ3n) is 3.45. The van der Waals surface area contributed by atoms with E-state index in [2.05, 4.69) is 21.2 Å². The maximum atomic E-state index is 13.6. The smallest absolute Gasteiger partial charge is 0.254 e. The van der Waals surface area contributed by atoms with E-state index in [1.165, 1.54) is 12.1 Å². The van der Waals surface area contributed by atoms with Crippen molar-refractivity contribution in [2.75, 3.05) is 6.54 Å². The SMILES string of the molecule is NCC1CCCC1NC(=O)c1cc(Br)ccc1F. The van der Waals surface area contributed by atoms with Gasteiger partial charge in [-0.2, -0.15) is 0 Å². The molecule has 98 valence electrons. The van der Waals surface area contributed by atoms with Gasteiger partial charge in [0.25, 0.3) is 5.91 Å². The first-order chi connectivity index (χ1) is 8.61. The van der Waals surface area contributed by atoms with Crippen molar-refractivity contribution in [1.29, 1.82) is 0 Å². The normalized spacial score (nSPS) is 23.1. The molecule has 18 heavy (non-hydrogen) atoms. The number of carbonyl (C=O) groups excluding carboxylic acids is 1. The van der Waals surface area contributed by atoms with Gasteiger partial charge in [0, 0.05) is 10.5 Å². The molecule has 0 radical (unpaired) electrons. The molecule has 5 heteroatoms. The molecule has 1 aliphatic carbocycles. The van der Waals surface area contributed by atoms with E-state index in [0.717, 1.165) is 19.3 Å². The molecule has 0 bridgehead atoms. The summed E-state index contributed by atoms with van der Waals surface area (Å²) in [5, 5.41) is 2.88. The number of rotatable bonds is 3. The van der Waals surface area contributed by atoms with Gasteiger partial charge in [-0.3, -0.25) is 4.79 Å². The fourth-order valence-electron chi connectivity index (χ4n) is 2.43. The van der Waals surface area contributed by atoms with Gasteiger partial charge in [0.05, 0.1) is 5.56 Å². The lowest BCUT2D eigenvalue weighted by atomic mass is 10.0. The molecule has 0 aromatic heterocycles. The van der Waals surface area contributed by atoms with Gasteiger partial charge in [0.2, 0.25) is 0 Å². The third-order valence-corrected chi connectivity index (χ3v) is 3.94. The van der Waals surface area contributed by atoms with Gasteiger partial charge in [0.1, 0.15) is 5.82 Å². The van der Waals surface area contributed by atoms with Gasteiger partial charge >= 0.3 is 0 Å². The molecule has 0 spiro atoms. The number of carbonyl (C=O) groups is 1. The maximum absolute atomic E-state index is 13.6.